The van der Waals surface area contributed by atoms with Crippen LogP contribution in [0.15, 0.2) is 41.8 Å². The first-order chi connectivity index (χ1) is 9.20. The molecule has 19 heavy (non-hydrogen) atoms. The highest BCUT2D eigenvalue weighted by Gasteiger charge is 2.29. The van der Waals surface area contributed by atoms with Crippen LogP contribution in [0, 0.1) is 10.1 Å². The highest BCUT2D eigenvalue weighted by molar-refractivity contribution is 6.07. The molecule has 2 rings (SSSR count). The summed E-state index contributed by atoms with van der Waals surface area (Å²) in [6.45, 7) is 1.25. The average molecular weight is 261 g/mol. The molecule has 100 valence electrons. The minimum Gasteiger partial charge on any atom is -0.366 e. The molecule has 6 nitrogen and oxygen atoms in total. The molecule has 1 fully saturated rings. The molecule has 1 aromatic rings. The van der Waals surface area contributed by atoms with Crippen molar-refractivity contribution < 1.29 is 9.72 Å². The van der Waals surface area contributed by atoms with E-state index in [4.69, 9.17) is 0 Å². The maximum absolute atomic E-state index is 12.2. The van der Waals surface area contributed by atoms with E-state index in [0.29, 0.717) is 18.7 Å². The van der Waals surface area contributed by atoms with Crippen molar-refractivity contribution in [2.24, 2.45) is 0 Å². The first kappa shape index (κ1) is 13.1. The zero-order valence-corrected chi connectivity index (χ0v) is 10.4. The van der Waals surface area contributed by atoms with Gasteiger partial charge in [0.15, 0.2) is 5.82 Å². The quantitative estimate of drug-likeness (QED) is 0.370. The van der Waals surface area contributed by atoms with E-state index in [2.05, 4.69) is 10.6 Å². The van der Waals surface area contributed by atoms with Gasteiger partial charge in [-0.1, -0.05) is 30.3 Å². The van der Waals surface area contributed by atoms with Crippen LogP contribution in [0.2, 0.25) is 0 Å². The molecular formula is C13H15N3O3. The van der Waals surface area contributed by atoms with Gasteiger partial charge in [-0.25, -0.2) is 0 Å². The molecule has 1 aliphatic rings. The number of nitro groups is 1. The zero-order chi connectivity index (χ0) is 13.7. The second kappa shape index (κ2) is 5.99. The molecule has 0 spiro atoms. The molecule has 0 aliphatic carbocycles. The summed E-state index contributed by atoms with van der Waals surface area (Å²) in [5, 5.41) is 17.0. The van der Waals surface area contributed by atoms with Gasteiger partial charge in [0.2, 0.25) is 0 Å². The largest absolute Gasteiger partial charge is 0.366 e. The summed E-state index contributed by atoms with van der Waals surface area (Å²) in [5.74, 6) is -0.362. The van der Waals surface area contributed by atoms with Gasteiger partial charge < -0.3 is 10.6 Å². The Hall–Kier alpha value is -2.37. The molecule has 0 saturated carbocycles. The molecule has 0 amide bonds. The van der Waals surface area contributed by atoms with Gasteiger partial charge in [-0.05, 0) is 12.8 Å². The van der Waals surface area contributed by atoms with Crippen LogP contribution in [0.4, 0.5) is 0 Å². The molecule has 0 aromatic heterocycles. The Morgan fingerprint density at radius 1 is 1.11 bits per heavy atom. The molecule has 2 N–H and O–H groups in total. The van der Waals surface area contributed by atoms with Gasteiger partial charge in [0, 0.05) is 18.7 Å². The number of nitrogens with zero attached hydrogens (tertiary/aromatic N) is 1. The predicted octanol–water partition coefficient (Wildman–Crippen LogP) is 1.29. The molecule has 1 aliphatic heterocycles. The van der Waals surface area contributed by atoms with Crippen molar-refractivity contribution in [2.45, 2.75) is 12.8 Å². The Balaban J connectivity index is 2.37. The van der Waals surface area contributed by atoms with Crippen LogP contribution in [0.3, 0.4) is 0 Å². The van der Waals surface area contributed by atoms with Crippen LogP contribution in [0.5, 0.6) is 0 Å². The van der Waals surface area contributed by atoms with E-state index in [1.807, 2.05) is 0 Å². The van der Waals surface area contributed by atoms with E-state index in [-0.39, 0.29) is 5.82 Å². The number of ketones is 1. The lowest BCUT2D eigenvalue weighted by Crippen LogP contribution is -2.30. The van der Waals surface area contributed by atoms with E-state index in [0.717, 1.165) is 12.8 Å². The molecule has 1 heterocycles. The molecule has 0 atom stereocenters. The first-order valence-corrected chi connectivity index (χ1v) is 6.16. The van der Waals surface area contributed by atoms with Gasteiger partial charge >= 0.3 is 5.70 Å². The number of hydrogen-bond donors (Lipinski definition) is 2. The summed E-state index contributed by atoms with van der Waals surface area (Å²) in [5.41, 5.74) is -0.109. The summed E-state index contributed by atoms with van der Waals surface area (Å²) in [6.07, 6.45) is 1.84. The Morgan fingerprint density at radius 2 is 1.68 bits per heavy atom. The fraction of sp³-hybridized carbons (Fsp3) is 0.308. The number of carbonyl (C=O) groups is 1. The van der Waals surface area contributed by atoms with Crippen LogP contribution >= 0.6 is 0 Å². The molecule has 1 saturated heterocycles. The Kier molecular flexibility index (Phi) is 4.12. The van der Waals surface area contributed by atoms with Crippen molar-refractivity contribution in [3.8, 4) is 0 Å². The molecule has 1 aromatic carbocycles. The Labute approximate surface area is 110 Å². The number of benzene rings is 1. The third kappa shape index (κ3) is 3.09. The monoisotopic (exact) mass is 261 g/mol. The SMILES string of the molecule is O=C(C(=C1NCCCCN1)[N+](=O)[O-])c1ccccc1. The normalized spacial score (nSPS) is 14.8. The number of hydrogen-bond acceptors (Lipinski definition) is 5. The van der Waals surface area contributed by atoms with Gasteiger partial charge in [0.25, 0.3) is 5.78 Å². The zero-order valence-electron chi connectivity index (χ0n) is 10.4. The van der Waals surface area contributed by atoms with Crippen LogP contribution in [-0.4, -0.2) is 23.8 Å². The third-order valence-corrected chi connectivity index (χ3v) is 2.88. The number of nitrogens with one attached hydrogen (secondary N) is 2. The van der Waals surface area contributed by atoms with Crippen molar-refractivity contribution in [3.05, 3.63) is 57.5 Å². The molecule has 0 radical (unpaired) electrons. The van der Waals surface area contributed by atoms with E-state index < -0.39 is 16.4 Å². The lowest BCUT2D eigenvalue weighted by atomic mass is 10.1. The Bertz CT molecular complexity index is 501. The van der Waals surface area contributed by atoms with E-state index in [1.54, 1.807) is 30.3 Å². The number of Topliss-reactive ketones (excluding diaryl/α,β-unsaturated/α-hetero) is 1. The van der Waals surface area contributed by atoms with Crippen LogP contribution in [0.1, 0.15) is 23.2 Å². The first-order valence-electron chi connectivity index (χ1n) is 6.16. The van der Waals surface area contributed by atoms with Crippen molar-refractivity contribution in [1.29, 1.82) is 0 Å². The average Bonchev–Trinajstić information content (AvgIpc) is 2.68. The van der Waals surface area contributed by atoms with Crippen molar-refractivity contribution in [1.82, 2.24) is 10.6 Å². The number of allylic oxidation sites excluding steroid dienone is 1. The van der Waals surface area contributed by atoms with Gasteiger partial charge in [0.1, 0.15) is 0 Å². The summed E-state index contributed by atoms with van der Waals surface area (Å²) in [6, 6.07) is 8.27. The summed E-state index contributed by atoms with van der Waals surface area (Å²) >= 11 is 0. The topological polar surface area (TPSA) is 84.3 Å². The van der Waals surface area contributed by atoms with Crippen molar-refractivity contribution >= 4 is 5.78 Å². The van der Waals surface area contributed by atoms with Crippen LogP contribution in [-0.2, 0) is 0 Å². The highest BCUT2D eigenvalue weighted by Crippen LogP contribution is 2.12. The second-order valence-corrected chi connectivity index (χ2v) is 4.24. The van der Waals surface area contributed by atoms with E-state index in [9.17, 15) is 14.9 Å². The van der Waals surface area contributed by atoms with E-state index in [1.165, 1.54) is 0 Å². The lowest BCUT2D eigenvalue weighted by Gasteiger charge is -2.09. The minimum absolute atomic E-state index is 0.219. The summed E-state index contributed by atoms with van der Waals surface area (Å²) in [7, 11) is 0. The molecule has 0 bridgehead atoms. The Morgan fingerprint density at radius 3 is 2.21 bits per heavy atom. The third-order valence-electron chi connectivity index (χ3n) is 2.88. The fourth-order valence-corrected chi connectivity index (χ4v) is 1.92. The minimum atomic E-state index is -0.629. The van der Waals surface area contributed by atoms with Crippen LogP contribution < -0.4 is 10.6 Å². The van der Waals surface area contributed by atoms with Crippen molar-refractivity contribution in [2.75, 3.05) is 13.1 Å². The predicted molar refractivity (Wildman–Crippen MR) is 70.0 cm³/mol. The molecular weight excluding hydrogens is 246 g/mol. The molecule has 0 unspecified atom stereocenters. The maximum Gasteiger partial charge on any atom is 0.356 e. The van der Waals surface area contributed by atoms with Crippen molar-refractivity contribution in [3.63, 3.8) is 0 Å². The van der Waals surface area contributed by atoms with Gasteiger partial charge in [-0.2, -0.15) is 0 Å². The summed E-state index contributed by atoms with van der Waals surface area (Å²) in [4.78, 5) is 22.8. The second-order valence-electron chi connectivity index (χ2n) is 4.24. The van der Waals surface area contributed by atoms with E-state index >= 15 is 0 Å². The fourth-order valence-electron chi connectivity index (χ4n) is 1.92. The standard InChI is InChI=1S/C13H15N3O3/c17-12(10-6-2-1-3-7-10)11(16(18)19)13-14-8-4-5-9-15-13/h1-3,6-7,14-15H,4-5,8-9H2. The lowest BCUT2D eigenvalue weighted by molar-refractivity contribution is -0.418. The summed E-state index contributed by atoms with van der Waals surface area (Å²) < 4.78 is 0. The van der Waals surface area contributed by atoms with Gasteiger partial charge in [0.05, 0.1) is 4.92 Å². The smallest absolute Gasteiger partial charge is 0.356 e. The number of rotatable bonds is 3. The molecule has 6 heteroatoms. The highest BCUT2D eigenvalue weighted by atomic mass is 16.6. The van der Waals surface area contributed by atoms with Crippen LogP contribution in [0.25, 0.3) is 0 Å². The van der Waals surface area contributed by atoms with Gasteiger partial charge in [-0.3, -0.25) is 14.9 Å². The van der Waals surface area contributed by atoms with Gasteiger partial charge in [-0.15, -0.1) is 0 Å². The maximum atomic E-state index is 12.2. The number of carbonyl (C=O) groups excluding carboxylic acids is 1.